The summed E-state index contributed by atoms with van der Waals surface area (Å²) < 4.78 is 29.4. The van der Waals surface area contributed by atoms with E-state index in [2.05, 4.69) is 31.0 Å². The topological polar surface area (TPSA) is 108 Å². The first-order valence-electron chi connectivity index (χ1n) is 16.0. The standard InChI is InChI=1S/C32H48N6O4S/c1-6-7-18-37-30(39)29(21-23(2)3)33-31(40)32(37)14-19-35(20-15-32)22-28-24(4)34-38(25(28)5)26-10-12-27(13-11-26)43(41,42)36-16-8-9-17-36/h10-13,23,29H,6-9,14-22H2,1-5H3,(H,33,40). The monoisotopic (exact) mass is 612 g/mol. The molecule has 10 nitrogen and oxygen atoms in total. The summed E-state index contributed by atoms with van der Waals surface area (Å²) in [6, 6.07) is 6.57. The van der Waals surface area contributed by atoms with Gasteiger partial charge in [-0.1, -0.05) is 27.2 Å². The first-order chi connectivity index (χ1) is 20.5. The number of carbonyl (C=O) groups excluding carboxylic acids is 2. The van der Waals surface area contributed by atoms with E-state index < -0.39 is 21.6 Å². The van der Waals surface area contributed by atoms with Gasteiger partial charge in [0.2, 0.25) is 21.8 Å². The molecule has 1 unspecified atom stereocenters. The van der Waals surface area contributed by atoms with Crippen molar-refractivity contribution in [1.29, 1.82) is 0 Å². The molecule has 3 aliphatic rings. The number of aromatic nitrogens is 2. The minimum Gasteiger partial charge on any atom is -0.342 e. The van der Waals surface area contributed by atoms with Gasteiger partial charge in [-0.2, -0.15) is 9.40 Å². The van der Waals surface area contributed by atoms with Crippen LogP contribution >= 0.6 is 0 Å². The van der Waals surface area contributed by atoms with E-state index in [0.29, 0.717) is 69.3 Å². The highest BCUT2D eigenvalue weighted by atomic mass is 32.2. The molecule has 5 rings (SSSR count). The first-order valence-corrected chi connectivity index (χ1v) is 17.4. The van der Waals surface area contributed by atoms with Gasteiger partial charge in [-0.3, -0.25) is 14.5 Å². The third kappa shape index (κ3) is 6.13. The Balaban J connectivity index is 1.29. The van der Waals surface area contributed by atoms with E-state index in [1.54, 1.807) is 16.4 Å². The van der Waals surface area contributed by atoms with Gasteiger partial charge < -0.3 is 10.2 Å². The normalized spacial score (nSPS) is 21.7. The van der Waals surface area contributed by atoms with Crippen LogP contribution in [-0.2, 0) is 26.2 Å². The van der Waals surface area contributed by atoms with Gasteiger partial charge in [0.05, 0.1) is 16.3 Å². The summed E-state index contributed by atoms with van der Waals surface area (Å²) in [5.74, 6) is 0.401. The van der Waals surface area contributed by atoms with Crippen LogP contribution in [0.3, 0.4) is 0 Å². The lowest BCUT2D eigenvalue weighted by atomic mass is 9.80. The van der Waals surface area contributed by atoms with Crippen LogP contribution in [0.15, 0.2) is 29.2 Å². The van der Waals surface area contributed by atoms with Crippen molar-refractivity contribution in [3.05, 3.63) is 41.2 Å². The number of piperazine rings is 1. The van der Waals surface area contributed by atoms with Gasteiger partial charge in [-0.05, 0) is 82.6 Å². The zero-order valence-electron chi connectivity index (χ0n) is 26.4. The molecule has 43 heavy (non-hydrogen) atoms. The second kappa shape index (κ2) is 12.7. The van der Waals surface area contributed by atoms with Crippen LogP contribution in [0.5, 0.6) is 0 Å². The smallest absolute Gasteiger partial charge is 0.246 e. The van der Waals surface area contributed by atoms with Crippen LogP contribution in [0.2, 0.25) is 0 Å². The SMILES string of the molecule is CCCCN1C(=O)C(CC(C)C)NC(=O)C12CCN(Cc1c(C)nn(-c3ccc(S(=O)(=O)N4CCCC4)cc3)c1C)CC2. The minimum atomic E-state index is -3.46. The van der Waals surface area contributed by atoms with Crippen LogP contribution in [-0.4, -0.2) is 88.4 Å². The Hall–Kier alpha value is -2.76. The first kappa shape index (κ1) is 31.7. The fourth-order valence-electron chi connectivity index (χ4n) is 6.94. The largest absolute Gasteiger partial charge is 0.342 e. The van der Waals surface area contributed by atoms with E-state index in [0.717, 1.165) is 48.3 Å². The molecule has 0 radical (unpaired) electrons. The Morgan fingerprint density at radius 1 is 1.02 bits per heavy atom. The average molecular weight is 613 g/mol. The van der Waals surface area contributed by atoms with E-state index in [-0.39, 0.29) is 11.8 Å². The molecule has 1 spiro atoms. The molecule has 1 aromatic heterocycles. The van der Waals surface area contributed by atoms with Crippen LogP contribution in [0, 0.1) is 19.8 Å². The van der Waals surface area contributed by atoms with E-state index in [1.165, 1.54) is 0 Å². The van der Waals surface area contributed by atoms with Crippen molar-refractivity contribution >= 4 is 21.8 Å². The zero-order valence-corrected chi connectivity index (χ0v) is 27.3. The average Bonchev–Trinajstić information content (AvgIpc) is 3.62. The fraction of sp³-hybridized carbons (Fsp3) is 0.656. The number of aryl methyl sites for hydroxylation is 1. The number of likely N-dealkylation sites (tertiary alicyclic amines) is 1. The molecule has 3 saturated heterocycles. The van der Waals surface area contributed by atoms with Gasteiger partial charge in [0, 0.05) is 50.5 Å². The zero-order chi connectivity index (χ0) is 30.9. The number of piperidine rings is 1. The molecule has 11 heteroatoms. The highest BCUT2D eigenvalue weighted by Gasteiger charge is 2.53. The van der Waals surface area contributed by atoms with Gasteiger partial charge in [0.15, 0.2) is 0 Å². The number of carbonyl (C=O) groups is 2. The van der Waals surface area contributed by atoms with Gasteiger partial charge in [0.25, 0.3) is 0 Å². The third-order valence-corrected chi connectivity index (χ3v) is 11.5. The van der Waals surface area contributed by atoms with Crippen LogP contribution < -0.4 is 5.32 Å². The van der Waals surface area contributed by atoms with Gasteiger partial charge in [0.1, 0.15) is 11.6 Å². The Morgan fingerprint density at radius 2 is 1.67 bits per heavy atom. The molecule has 1 aromatic carbocycles. The maximum absolute atomic E-state index is 13.6. The number of benzene rings is 1. The van der Waals surface area contributed by atoms with Crippen molar-refractivity contribution in [2.45, 2.75) is 103 Å². The highest BCUT2D eigenvalue weighted by molar-refractivity contribution is 7.89. The Morgan fingerprint density at radius 3 is 2.28 bits per heavy atom. The van der Waals surface area contributed by atoms with E-state index in [4.69, 9.17) is 5.10 Å². The van der Waals surface area contributed by atoms with Crippen molar-refractivity contribution < 1.29 is 18.0 Å². The number of rotatable bonds is 10. The molecular weight excluding hydrogens is 564 g/mol. The summed E-state index contributed by atoms with van der Waals surface area (Å²) >= 11 is 0. The second-order valence-corrected chi connectivity index (χ2v) is 14.9. The maximum atomic E-state index is 13.6. The Bertz CT molecular complexity index is 1420. The van der Waals surface area contributed by atoms with Gasteiger partial charge in [-0.25, -0.2) is 13.1 Å². The molecule has 2 amide bonds. The Kier molecular flexibility index (Phi) is 9.34. The predicted octanol–water partition coefficient (Wildman–Crippen LogP) is 3.78. The van der Waals surface area contributed by atoms with Crippen molar-refractivity contribution in [3.8, 4) is 5.69 Å². The summed E-state index contributed by atoms with van der Waals surface area (Å²) in [5.41, 5.74) is 3.12. The summed E-state index contributed by atoms with van der Waals surface area (Å²) in [5, 5.41) is 7.91. The molecule has 0 saturated carbocycles. The molecular formula is C32H48N6O4S. The van der Waals surface area contributed by atoms with Crippen LogP contribution in [0.4, 0.5) is 0 Å². The summed E-state index contributed by atoms with van der Waals surface area (Å²) in [7, 11) is -3.46. The van der Waals surface area contributed by atoms with Gasteiger partial charge >= 0.3 is 0 Å². The summed E-state index contributed by atoms with van der Waals surface area (Å²) in [6.07, 6.45) is 5.57. The maximum Gasteiger partial charge on any atom is 0.246 e. The summed E-state index contributed by atoms with van der Waals surface area (Å²) in [4.78, 5) is 31.8. The Labute approximate surface area is 256 Å². The fourth-order valence-corrected chi connectivity index (χ4v) is 8.46. The number of nitrogens with one attached hydrogen (secondary N) is 1. The third-order valence-electron chi connectivity index (χ3n) is 9.54. The highest BCUT2D eigenvalue weighted by Crippen LogP contribution is 2.35. The van der Waals surface area contributed by atoms with Crippen LogP contribution in [0.1, 0.15) is 82.7 Å². The number of amides is 2. The van der Waals surface area contributed by atoms with Crippen molar-refractivity contribution in [2.24, 2.45) is 5.92 Å². The molecule has 3 aliphatic heterocycles. The number of unbranched alkanes of at least 4 members (excludes halogenated alkanes) is 1. The second-order valence-electron chi connectivity index (χ2n) is 13.0. The molecule has 236 valence electrons. The van der Waals surface area contributed by atoms with E-state index in [9.17, 15) is 18.0 Å². The van der Waals surface area contributed by atoms with Crippen molar-refractivity contribution in [2.75, 3.05) is 32.7 Å². The lowest BCUT2D eigenvalue weighted by Crippen LogP contribution is -2.73. The number of hydrogen-bond acceptors (Lipinski definition) is 6. The molecule has 3 fully saturated rings. The molecule has 0 bridgehead atoms. The quantitative estimate of drug-likeness (QED) is 0.438. The molecule has 1 atom stereocenters. The van der Waals surface area contributed by atoms with E-state index in [1.807, 2.05) is 35.6 Å². The molecule has 4 heterocycles. The number of hydrogen-bond donors (Lipinski definition) is 1. The van der Waals surface area contributed by atoms with E-state index >= 15 is 0 Å². The summed E-state index contributed by atoms with van der Waals surface area (Å²) in [6.45, 7) is 14.3. The predicted molar refractivity (Wildman–Crippen MR) is 166 cm³/mol. The van der Waals surface area contributed by atoms with Crippen molar-refractivity contribution in [1.82, 2.24) is 29.2 Å². The lowest BCUT2D eigenvalue weighted by molar-refractivity contribution is -0.161. The number of nitrogens with zero attached hydrogens (tertiary/aromatic N) is 5. The lowest BCUT2D eigenvalue weighted by Gasteiger charge is -2.52. The molecule has 1 N–H and O–H groups in total. The number of sulfonamides is 1. The molecule has 2 aromatic rings. The molecule has 0 aliphatic carbocycles. The minimum absolute atomic E-state index is 0.00359. The van der Waals surface area contributed by atoms with Gasteiger partial charge in [-0.15, -0.1) is 0 Å². The van der Waals surface area contributed by atoms with Crippen LogP contribution in [0.25, 0.3) is 5.69 Å². The van der Waals surface area contributed by atoms with Crippen molar-refractivity contribution in [3.63, 3.8) is 0 Å².